The fraction of sp³-hybridized carbons (Fsp3) is 0.417. The summed E-state index contributed by atoms with van der Waals surface area (Å²) in [6, 6.07) is 9.35. The number of halogens is 3. The number of anilines is 1. The minimum atomic E-state index is -3.62. The van der Waals surface area contributed by atoms with E-state index in [1.54, 1.807) is 43.3 Å². The maximum absolute atomic E-state index is 13.4. The van der Waals surface area contributed by atoms with Gasteiger partial charge in [-0.1, -0.05) is 53.9 Å². The van der Waals surface area contributed by atoms with Crippen LogP contribution in [0, 0.1) is 6.92 Å². The molecule has 7 nitrogen and oxygen atoms in total. The molecule has 35 heavy (non-hydrogen) atoms. The van der Waals surface area contributed by atoms with Crippen molar-refractivity contribution in [2.24, 2.45) is 0 Å². The fourth-order valence-corrected chi connectivity index (χ4v) is 5.49. The number of nitrogens with one attached hydrogen (secondary N) is 1. The van der Waals surface area contributed by atoms with E-state index in [2.05, 4.69) is 5.32 Å². The molecule has 0 aromatic heterocycles. The summed E-state index contributed by atoms with van der Waals surface area (Å²) in [4.78, 5) is 27.3. The van der Waals surface area contributed by atoms with Crippen LogP contribution in [-0.4, -0.2) is 51.0 Å². The summed E-state index contributed by atoms with van der Waals surface area (Å²) in [6.07, 6.45) is 1.74. The topological polar surface area (TPSA) is 86.8 Å². The second-order valence-corrected chi connectivity index (χ2v) is 11.2. The molecule has 0 radical (unpaired) electrons. The lowest BCUT2D eigenvalue weighted by atomic mass is 10.1. The molecule has 0 heterocycles. The minimum Gasteiger partial charge on any atom is -0.357 e. The normalized spacial score (nSPS) is 12.2. The van der Waals surface area contributed by atoms with Crippen molar-refractivity contribution in [3.63, 3.8) is 0 Å². The second-order valence-electron chi connectivity index (χ2n) is 8.08. The number of amides is 2. The third kappa shape index (κ3) is 7.49. The number of likely N-dealkylation sites (N-methyl/N-ethyl adjacent to an activating group) is 1. The van der Waals surface area contributed by atoms with E-state index in [1.165, 1.54) is 16.3 Å². The van der Waals surface area contributed by atoms with Gasteiger partial charge in [0.25, 0.3) is 0 Å². The summed E-state index contributed by atoms with van der Waals surface area (Å²) in [7, 11) is -2.12. The van der Waals surface area contributed by atoms with Crippen molar-refractivity contribution in [1.82, 2.24) is 10.2 Å². The molecule has 0 aliphatic heterocycles. The van der Waals surface area contributed by atoms with Crippen molar-refractivity contribution in [3.05, 3.63) is 62.6 Å². The highest BCUT2D eigenvalue weighted by Gasteiger charge is 2.29. The van der Waals surface area contributed by atoms with E-state index in [9.17, 15) is 18.0 Å². The Morgan fingerprint density at radius 2 is 1.60 bits per heavy atom. The van der Waals surface area contributed by atoms with Crippen molar-refractivity contribution in [2.75, 3.05) is 24.2 Å². The molecule has 0 fully saturated rings. The van der Waals surface area contributed by atoms with Crippen molar-refractivity contribution in [1.29, 1.82) is 0 Å². The Morgan fingerprint density at radius 3 is 2.14 bits per heavy atom. The van der Waals surface area contributed by atoms with Crippen LogP contribution in [-0.2, 0) is 26.2 Å². The van der Waals surface area contributed by atoms with E-state index in [0.29, 0.717) is 38.3 Å². The lowest BCUT2D eigenvalue weighted by Gasteiger charge is -2.31. The maximum Gasteiger partial charge on any atom is 0.242 e. The van der Waals surface area contributed by atoms with Gasteiger partial charge in [0, 0.05) is 47.2 Å². The van der Waals surface area contributed by atoms with E-state index in [0.717, 1.165) is 6.26 Å². The van der Waals surface area contributed by atoms with Gasteiger partial charge in [-0.05, 0) is 49.6 Å². The van der Waals surface area contributed by atoms with Crippen LogP contribution in [0.4, 0.5) is 5.69 Å². The smallest absolute Gasteiger partial charge is 0.242 e. The number of benzene rings is 2. The van der Waals surface area contributed by atoms with Gasteiger partial charge < -0.3 is 10.2 Å². The fourth-order valence-electron chi connectivity index (χ4n) is 3.79. The number of nitrogens with zero attached hydrogens (tertiary/aromatic N) is 2. The second kappa shape index (κ2) is 12.8. The molecule has 0 spiro atoms. The zero-order valence-electron chi connectivity index (χ0n) is 20.1. The summed E-state index contributed by atoms with van der Waals surface area (Å²) in [5.74, 6) is -0.621. The maximum atomic E-state index is 13.4. The highest BCUT2D eigenvalue weighted by atomic mass is 35.5. The first-order valence-corrected chi connectivity index (χ1v) is 14.1. The molecule has 2 aromatic rings. The molecule has 192 valence electrons. The van der Waals surface area contributed by atoms with Gasteiger partial charge in [0.15, 0.2) is 0 Å². The van der Waals surface area contributed by atoms with Crippen LogP contribution in [0.2, 0.25) is 15.1 Å². The molecule has 2 rings (SSSR count). The summed E-state index contributed by atoms with van der Waals surface area (Å²) in [5.41, 5.74) is 1.63. The van der Waals surface area contributed by atoms with Gasteiger partial charge in [-0.25, -0.2) is 8.42 Å². The molecule has 0 saturated carbocycles. The van der Waals surface area contributed by atoms with Crippen LogP contribution >= 0.6 is 34.8 Å². The highest BCUT2D eigenvalue weighted by molar-refractivity contribution is 7.92. The van der Waals surface area contributed by atoms with Crippen molar-refractivity contribution < 1.29 is 18.0 Å². The molecule has 0 bridgehead atoms. The summed E-state index contributed by atoms with van der Waals surface area (Å²) < 4.78 is 26.3. The molecule has 0 aliphatic carbocycles. The van der Waals surface area contributed by atoms with Crippen molar-refractivity contribution in [3.8, 4) is 0 Å². The molecule has 2 amide bonds. The average Bonchev–Trinajstić information content (AvgIpc) is 2.79. The third-order valence-corrected chi connectivity index (χ3v) is 7.98. The monoisotopic (exact) mass is 561 g/mol. The Kier molecular flexibility index (Phi) is 10.7. The van der Waals surface area contributed by atoms with E-state index < -0.39 is 16.1 Å². The Bertz CT molecular complexity index is 1150. The first-order chi connectivity index (χ1) is 16.4. The largest absolute Gasteiger partial charge is 0.357 e. The molecule has 2 aromatic carbocycles. The number of carbonyl (C=O) groups excluding carboxylic acids is 2. The van der Waals surface area contributed by atoms with Crippen LogP contribution in [0.5, 0.6) is 0 Å². The van der Waals surface area contributed by atoms with E-state index in [-0.39, 0.29) is 37.7 Å². The zero-order chi connectivity index (χ0) is 26.3. The molecule has 1 N–H and O–H groups in total. The molecular formula is C24H30Cl3N3O4S. The number of sulfonamides is 1. The Labute approximate surface area is 222 Å². The van der Waals surface area contributed by atoms with Gasteiger partial charge in [-0.15, -0.1) is 0 Å². The third-order valence-electron chi connectivity index (χ3n) is 5.68. The average molecular weight is 563 g/mol. The Balaban J connectivity index is 2.28. The summed E-state index contributed by atoms with van der Waals surface area (Å²) in [5, 5.41) is 3.83. The first kappa shape index (κ1) is 29.2. The van der Waals surface area contributed by atoms with Gasteiger partial charge >= 0.3 is 0 Å². The number of carbonyl (C=O) groups is 2. The van der Waals surface area contributed by atoms with Crippen LogP contribution in [0.3, 0.4) is 0 Å². The van der Waals surface area contributed by atoms with Crippen molar-refractivity contribution >= 4 is 62.3 Å². The van der Waals surface area contributed by atoms with Crippen LogP contribution in [0.25, 0.3) is 0 Å². The summed E-state index contributed by atoms with van der Waals surface area (Å²) in [6.45, 7) is 3.67. The van der Waals surface area contributed by atoms with E-state index >= 15 is 0 Å². The molecule has 0 unspecified atom stereocenters. The summed E-state index contributed by atoms with van der Waals surface area (Å²) >= 11 is 18.8. The lowest BCUT2D eigenvalue weighted by molar-refractivity contribution is -0.141. The zero-order valence-corrected chi connectivity index (χ0v) is 23.2. The van der Waals surface area contributed by atoms with E-state index in [4.69, 9.17) is 34.8 Å². The first-order valence-electron chi connectivity index (χ1n) is 11.1. The van der Waals surface area contributed by atoms with Crippen LogP contribution in [0.1, 0.15) is 37.3 Å². The minimum absolute atomic E-state index is 0.0151. The number of hydrogen-bond donors (Lipinski definition) is 1. The van der Waals surface area contributed by atoms with Gasteiger partial charge in [0.2, 0.25) is 21.8 Å². The lowest BCUT2D eigenvalue weighted by Crippen LogP contribution is -2.48. The van der Waals surface area contributed by atoms with Gasteiger partial charge in [-0.3, -0.25) is 13.9 Å². The Hall–Kier alpha value is -2.00. The molecule has 1 atom stereocenters. The number of hydrogen-bond acceptors (Lipinski definition) is 4. The predicted molar refractivity (Wildman–Crippen MR) is 143 cm³/mol. The van der Waals surface area contributed by atoms with E-state index in [1.807, 2.05) is 6.92 Å². The molecule has 0 saturated heterocycles. The van der Waals surface area contributed by atoms with Gasteiger partial charge in [0.1, 0.15) is 6.04 Å². The standard InChI is InChI=1S/C24H30Cl3N3O4S/c1-5-21(24(32)28-3)29(15-17-19(26)10-6-11-20(17)27)23(31)13-8-14-30(35(4,33)34)22-12-7-9-18(25)16(22)2/h6-7,9-12,21H,5,8,13-15H2,1-4H3,(H,28,32)/t21-/m1/s1. The SMILES string of the molecule is CC[C@H](C(=O)NC)N(Cc1c(Cl)cccc1Cl)C(=O)CCCN(c1cccc(Cl)c1C)S(C)(=O)=O. The molecule has 11 heteroatoms. The quantitative estimate of drug-likeness (QED) is 0.415. The highest BCUT2D eigenvalue weighted by Crippen LogP contribution is 2.29. The molecule has 0 aliphatic rings. The number of rotatable bonds is 11. The van der Waals surface area contributed by atoms with Crippen LogP contribution in [0.15, 0.2) is 36.4 Å². The van der Waals surface area contributed by atoms with Gasteiger partial charge in [-0.2, -0.15) is 0 Å². The van der Waals surface area contributed by atoms with Crippen molar-refractivity contribution in [2.45, 2.75) is 45.7 Å². The van der Waals surface area contributed by atoms with Gasteiger partial charge in [0.05, 0.1) is 11.9 Å². The van der Waals surface area contributed by atoms with Crippen LogP contribution < -0.4 is 9.62 Å². The Morgan fingerprint density at radius 1 is 1.03 bits per heavy atom. The molecular weight excluding hydrogens is 533 g/mol. The predicted octanol–water partition coefficient (Wildman–Crippen LogP) is 5.05.